The number of ether oxygens (including phenoxy) is 1. The smallest absolute Gasteiger partial charge is 0.251 e. The molecule has 0 atom stereocenters. The van der Waals surface area contributed by atoms with Gasteiger partial charge in [-0.2, -0.15) is 0 Å². The fraction of sp³-hybridized carbons (Fsp3) is 0.467. The van der Waals surface area contributed by atoms with Crippen molar-refractivity contribution in [2.75, 3.05) is 13.7 Å². The van der Waals surface area contributed by atoms with Gasteiger partial charge >= 0.3 is 0 Å². The van der Waals surface area contributed by atoms with E-state index in [1.165, 1.54) is 19.2 Å². The first-order valence-electron chi connectivity index (χ1n) is 6.69. The molecule has 21 heavy (non-hydrogen) atoms. The van der Waals surface area contributed by atoms with Gasteiger partial charge in [-0.25, -0.2) is 0 Å². The molecule has 1 aromatic carbocycles. The van der Waals surface area contributed by atoms with E-state index in [4.69, 9.17) is 4.74 Å². The van der Waals surface area contributed by atoms with Crippen LogP contribution in [-0.2, 0) is 4.79 Å². The van der Waals surface area contributed by atoms with Crippen molar-refractivity contribution in [3.63, 3.8) is 0 Å². The lowest BCUT2D eigenvalue weighted by Crippen LogP contribution is -2.41. The standard InChI is InChI=1S/C15H22N2O4/c1-15(2,3)17-13(19)7-8-16-14(20)10-5-6-12(21-4)11(18)9-10/h5-6,9,18H,7-8H2,1-4H3,(H,16,20)(H,17,19). The second-order valence-electron chi connectivity index (χ2n) is 5.69. The highest BCUT2D eigenvalue weighted by Crippen LogP contribution is 2.25. The summed E-state index contributed by atoms with van der Waals surface area (Å²) in [7, 11) is 1.43. The number of nitrogens with one attached hydrogen (secondary N) is 2. The van der Waals surface area contributed by atoms with E-state index in [0.29, 0.717) is 11.3 Å². The van der Waals surface area contributed by atoms with Crippen molar-refractivity contribution in [3.05, 3.63) is 23.8 Å². The topological polar surface area (TPSA) is 87.7 Å². The molecule has 116 valence electrons. The number of phenols is 1. The summed E-state index contributed by atoms with van der Waals surface area (Å²) in [5.41, 5.74) is 0.0209. The summed E-state index contributed by atoms with van der Waals surface area (Å²) < 4.78 is 4.90. The van der Waals surface area contributed by atoms with E-state index in [0.717, 1.165) is 0 Å². The summed E-state index contributed by atoms with van der Waals surface area (Å²) >= 11 is 0. The first-order chi connectivity index (χ1) is 9.73. The zero-order valence-electron chi connectivity index (χ0n) is 12.8. The molecule has 1 aromatic rings. The molecule has 0 aliphatic carbocycles. The Balaban J connectivity index is 2.47. The molecule has 0 unspecified atom stereocenters. The highest BCUT2D eigenvalue weighted by atomic mass is 16.5. The summed E-state index contributed by atoms with van der Waals surface area (Å²) in [6.07, 6.45) is 0.200. The number of carbonyl (C=O) groups is 2. The lowest BCUT2D eigenvalue weighted by atomic mass is 10.1. The third-order valence-corrected chi connectivity index (χ3v) is 2.59. The van der Waals surface area contributed by atoms with Crippen LogP contribution in [-0.4, -0.2) is 36.1 Å². The number of methoxy groups -OCH3 is 1. The van der Waals surface area contributed by atoms with E-state index in [9.17, 15) is 14.7 Å². The molecular formula is C15H22N2O4. The molecule has 0 aromatic heterocycles. The summed E-state index contributed by atoms with van der Waals surface area (Å²) in [6.45, 7) is 5.91. The van der Waals surface area contributed by atoms with Crippen molar-refractivity contribution >= 4 is 11.8 Å². The zero-order chi connectivity index (χ0) is 16.0. The van der Waals surface area contributed by atoms with Crippen LogP contribution in [0.2, 0.25) is 0 Å². The molecule has 3 N–H and O–H groups in total. The summed E-state index contributed by atoms with van der Waals surface area (Å²) in [4.78, 5) is 23.5. The molecule has 0 fully saturated rings. The van der Waals surface area contributed by atoms with Gasteiger partial charge in [-0.1, -0.05) is 0 Å². The van der Waals surface area contributed by atoms with Crippen molar-refractivity contribution in [1.29, 1.82) is 0 Å². The Bertz CT molecular complexity index is 521. The fourth-order valence-corrected chi connectivity index (χ4v) is 1.70. The molecule has 0 saturated carbocycles. The number of aromatic hydroxyl groups is 1. The number of phenolic OH excluding ortho intramolecular Hbond substituents is 1. The van der Waals surface area contributed by atoms with Gasteiger partial charge in [0.25, 0.3) is 5.91 Å². The summed E-state index contributed by atoms with van der Waals surface area (Å²) in [5, 5.41) is 15.1. The molecule has 0 spiro atoms. The molecule has 2 amide bonds. The number of carbonyl (C=O) groups excluding carboxylic acids is 2. The number of hydrogen-bond acceptors (Lipinski definition) is 4. The van der Waals surface area contributed by atoms with Crippen LogP contribution in [0.4, 0.5) is 0 Å². The van der Waals surface area contributed by atoms with E-state index in [-0.39, 0.29) is 36.1 Å². The highest BCUT2D eigenvalue weighted by molar-refractivity contribution is 5.95. The van der Waals surface area contributed by atoms with Crippen LogP contribution in [0.25, 0.3) is 0 Å². The Morgan fingerprint density at radius 1 is 1.29 bits per heavy atom. The minimum atomic E-state index is -0.350. The van der Waals surface area contributed by atoms with Crippen LogP contribution in [0.15, 0.2) is 18.2 Å². The van der Waals surface area contributed by atoms with Crippen LogP contribution in [0.1, 0.15) is 37.6 Å². The normalized spacial score (nSPS) is 10.9. The fourth-order valence-electron chi connectivity index (χ4n) is 1.70. The zero-order valence-corrected chi connectivity index (χ0v) is 12.8. The van der Waals surface area contributed by atoms with Crippen LogP contribution < -0.4 is 15.4 Å². The van der Waals surface area contributed by atoms with Gasteiger partial charge in [-0.3, -0.25) is 9.59 Å². The lowest BCUT2D eigenvalue weighted by Gasteiger charge is -2.20. The van der Waals surface area contributed by atoms with Crippen LogP contribution in [0.5, 0.6) is 11.5 Å². The van der Waals surface area contributed by atoms with Crippen molar-refractivity contribution in [2.45, 2.75) is 32.7 Å². The molecule has 0 aliphatic rings. The first kappa shape index (κ1) is 16.8. The summed E-state index contributed by atoms with van der Waals surface area (Å²) in [5.74, 6) is -0.274. The minimum absolute atomic E-state index is 0.101. The Morgan fingerprint density at radius 2 is 1.95 bits per heavy atom. The number of rotatable bonds is 5. The predicted octanol–water partition coefficient (Wildman–Crippen LogP) is 1.44. The minimum Gasteiger partial charge on any atom is -0.504 e. The molecule has 1 rings (SSSR count). The molecule has 0 radical (unpaired) electrons. The Hall–Kier alpha value is -2.24. The maximum atomic E-state index is 11.9. The third-order valence-electron chi connectivity index (χ3n) is 2.59. The van der Waals surface area contributed by atoms with Gasteiger partial charge in [0, 0.05) is 24.1 Å². The SMILES string of the molecule is COc1ccc(C(=O)NCCC(=O)NC(C)(C)C)cc1O. The second kappa shape index (κ2) is 6.97. The average Bonchev–Trinajstić information content (AvgIpc) is 2.36. The van der Waals surface area contributed by atoms with E-state index in [2.05, 4.69) is 10.6 Å². The third kappa shape index (κ3) is 5.72. The molecule has 0 heterocycles. The van der Waals surface area contributed by atoms with E-state index < -0.39 is 0 Å². The molecule has 6 nitrogen and oxygen atoms in total. The van der Waals surface area contributed by atoms with Crippen molar-refractivity contribution in [3.8, 4) is 11.5 Å². The molecule has 6 heteroatoms. The Kier molecular flexibility index (Phi) is 5.58. The van der Waals surface area contributed by atoms with Gasteiger partial charge in [0.15, 0.2) is 11.5 Å². The summed E-state index contributed by atoms with van der Waals surface area (Å²) in [6, 6.07) is 4.38. The number of benzene rings is 1. The lowest BCUT2D eigenvalue weighted by molar-refractivity contribution is -0.122. The second-order valence-corrected chi connectivity index (χ2v) is 5.69. The van der Waals surface area contributed by atoms with E-state index >= 15 is 0 Å². The maximum Gasteiger partial charge on any atom is 0.251 e. The molecule has 0 aliphatic heterocycles. The van der Waals surface area contributed by atoms with Crippen LogP contribution >= 0.6 is 0 Å². The van der Waals surface area contributed by atoms with Gasteiger partial charge in [0.2, 0.25) is 5.91 Å². The molecule has 0 saturated heterocycles. The van der Waals surface area contributed by atoms with Crippen molar-refractivity contribution < 1.29 is 19.4 Å². The van der Waals surface area contributed by atoms with Crippen LogP contribution in [0, 0.1) is 0 Å². The van der Waals surface area contributed by atoms with Crippen molar-refractivity contribution in [2.24, 2.45) is 0 Å². The monoisotopic (exact) mass is 294 g/mol. The predicted molar refractivity (Wildman–Crippen MR) is 79.5 cm³/mol. The van der Waals surface area contributed by atoms with E-state index in [1.54, 1.807) is 6.07 Å². The van der Waals surface area contributed by atoms with Gasteiger partial charge in [0.1, 0.15) is 0 Å². The van der Waals surface area contributed by atoms with E-state index in [1.807, 2.05) is 20.8 Å². The Labute approximate surface area is 124 Å². The largest absolute Gasteiger partial charge is 0.504 e. The van der Waals surface area contributed by atoms with Crippen LogP contribution in [0.3, 0.4) is 0 Å². The van der Waals surface area contributed by atoms with Gasteiger partial charge in [-0.15, -0.1) is 0 Å². The van der Waals surface area contributed by atoms with Gasteiger partial charge < -0.3 is 20.5 Å². The maximum absolute atomic E-state index is 11.9. The number of amides is 2. The van der Waals surface area contributed by atoms with Gasteiger partial charge in [-0.05, 0) is 39.0 Å². The highest BCUT2D eigenvalue weighted by Gasteiger charge is 2.14. The van der Waals surface area contributed by atoms with Crippen molar-refractivity contribution in [1.82, 2.24) is 10.6 Å². The number of hydrogen-bond donors (Lipinski definition) is 3. The average molecular weight is 294 g/mol. The molecule has 0 bridgehead atoms. The Morgan fingerprint density at radius 3 is 2.48 bits per heavy atom. The van der Waals surface area contributed by atoms with Gasteiger partial charge in [0.05, 0.1) is 7.11 Å². The quantitative estimate of drug-likeness (QED) is 0.766. The first-order valence-corrected chi connectivity index (χ1v) is 6.69. The molecular weight excluding hydrogens is 272 g/mol.